The third-order valence-corrected chi connectivity index (χ3v) is 4.35. The number of methoxy groups -OCH3 is 1. The second-order valence-corrected chi connectivity index (χ2v) is 6.17. The third-order valence-electron chi connectivity index (χ3n) is 4.35. The van der Waals surface area contributed by atoms with Gasteiger partial charge in [-0.1, -0.05) is 13.8 Å². The van der Waals surface area contributed by atoms with E-state index >= 15 is 0 Å². The summed E-state index contributed by atoms with van der Waals surface area (Å²) in [7, 11) is 3.86. The van der Waals surface area contributed by atoms with Crippen LogP contribution in [0, 0.1) is 11.3 Å². The minimum absolute atomic E-state index is 0.336. The molecule has 0 radical (unpaired) electrons. The number of rotatable bonds is 6. The van der Waals surface area contributed by atoms with Crippen molar-refractivity contribution in [3.63, 3.8) is 0 Å². The Morgan fingerprint density at radius 2 is 1.94 bits per heavy atom. The van der Waals surface area contributed by atoms with Crippen LogP contribution in [0.25, 0.3) is 0 Å². The summed E-state index contributed by atoms with van der Waals surface area (Å²) in [6, 6.07) is 0.555. The first-order chi connectivity index (χ1) is 7.99. The van der Waals surface area contributed by atoms with Gasteiger partial charge >= 0.3 is 0 Å². The van der Waals surface area contributed by atoms with E-state index in [9.17, 15) is 0 Å². The Morgan fingerprint density at radius 1 is 1.35 bits per heavy atom. The first-order valence-corrected chi connectivity index (χ1v) is 6.88. The van der Waals surface area contributed by atoms with E-state index in [-0.39, 0.29) is 0 Å². The standard InChI is InChI=1S/C14H30N2O/c1-12(15-4)14(2,3)11-16-8-6-13(7-9-16)10-17-5/h12-13,15H,6-11H2,1-5H3. The van der Waals surface area contributed by atoms with Crippen molar-refractivity contribution in [2.24, 2.45) is 11.3 Å². The molecule has 0 aromatic rings. The molecule has 0 saturated carbocycles. The summed E-state index contributed by atoms with van der Waals surface area (Å²) >= 11 is 0. The number of likely N-dealkylation sites (tertiary alicyclic amines) is 1. The van der Waals surface area contributed by atoms with Crippen molar-refractivity contribution in [3.05, 3.63) is 0 Å². The van der Waals surface area contributed by atoms with Gasteiger partial charge in [-0.15, -0.1) is 0 Å². The average molecular weight is 242 g/mol. The molecule has 0 spiro atoms. The van der Waals surface area contributed by atoms with Crippen molar-refractivity contribution in [3.8, 4) is 0 Å². The molecule has 102 valence electrons. The molecule has 17 heavy (non-hydrogen) atoms. The van der Waals surface area contributed by atoms with E-state index in [1.807, 2.05) is 7.11 Å². The SMILES string of the molecule is CNC(C)C(C)(C)CN1CCC(COC)CC1. The number of ether oxygens (including phenoxy) is 1. The Kier molecular flexibility index (Phi) is 5.90. The van der Waals surface area contributed by atoms with Crippen LogP contribution in [0.1, 0.15) is 33.6 Å². The molecule has 1 unspecified atom stereocenters. The highest BCUT2D eigenvalue weighted by atomic mass is 16.5. The molecule has 0 aliphatic carbocycles. The summed E-state index contributed by atoms with van der Waals surface area (Å²) < 4.78 is 5.24. The number of nitrogens with one attached hydrogen (secondary N) is 1. The Balaban J connectivity index is 2.34. The summed E-state index contributed by atoms with van der Waals surface area (Å²) in [6.45, 7) is 11.6. The molecule has 1 saturated heterocycles. The fourth-order valence-corrected chi connectivity index (χ4v) is 2.65. The molecule has 0 bridgehead atoms. The zero-order valence-corrected chi connectivity index (χ0v) is 12.3. The van der Waals surface area contributed by atoms with Gasteiger partial charge in [-0.05, 0) is 51.2 Å². The quantitative estimate of drug-likeness (QED) is 0.771. The smallest absolute Gasteiger partial charge is 0.0491 e. The molecule has 1 rings (SSSR count). The highest BCUT2D eigenvalue weighted by molar-refractivity contribution is 4.84. The lowest BCUT2D eigenvalue weighted by molar-refractivity contribution is 0.0734. The van der Waals surface area contributed by atoms with Gasteiger partial charge in [0.25, 0.3) is 0 Å². The van der Waals surface area contributed by atoms with Gasteiger partial charge in [-0.3, -0.25) is 0 Å². The van der Waals surface area contributed by atoms with Crippen LogP contribution < -0.4 is 5.32 Å². The van der Waals surface area contributed by atoms with Crippen molar-refractivity contribution in [2.75, 3.05) is 40.4 Å². The Bertz CT molecular complexity index is 210. The van der Waals surface area contributed by atoms with Crippen LogP contribution in [0.3, 0.4) is 0 Å². The minimum Gasteiger partial charge on any atom is -0.384 e. The topological polar surface area (TPSA) is 24.5 Å². The van der Waals surface area contributed by atoms with Crippen LogP contribution in [-0.4, -0.2) is 51.3 Å². The number of nitrogens with zero attached hydrogens (tertiary/aromatic N) is 1. The predicted octanol–water partition coefficient (Wildman–Crippen LogP) is 1.98. The Morgan fingerprint density at radius 3 is 2.41 bits per heavy atom. The van der Waals surface area contributed by atoms with Gasteiger partial charge in [0.15, 0.2) is 0 Å². The van der Waals surface area contributed by atoms with Gasteiger partial charge in [0.05, 0.1) is 0 Å². The summed E-state index contributed by atoms with van der Waals surface area (Å²) in [5.41, 5.74) is 0.336. The summed E-state index contributed by atoms with van der Waals surface area (Å²) in [5, 5.41) is 3.38. The lowest BCUT2D eigenvalue weighted by Crippen LogP contribution is -2.47. The van der Waals surface area contributed by atoms with E-state index in [0.717, 1.165) is 12.5 Å². The van der Waals surface area contributed by atoms with Crippen LogP contribution >= 0.6 is 0 Å². The first-order valence-electron chi connectivity index (χ1n) is 6.88. The van der Waals surface area contributed by atoms with Crippen molar-refractivity contribution >= 4 is 0 Å². The fourth-order valence-electron chi connectivity index (χ4n) is 2.65. The molecular formula is C14H30N2O. The lowest BCUT2D eigenvalue weighted by atomic mass is 9.84. The van der Waals surface area contributed by atoms with Gasteiger partial charge in [0, 0.05) is 26.3 Å². The van der Waals surface area contributed by atoms with E-state index in [0.29, 0.717) is 11.5 Å². The van der Waals surface area contributed by atoms with Gasteiger partial charge in [0.2, 0.25) is 0 Å². The molecule has 1 N–H and O–H groups in total. The van der Waals surface area contributed by atoms with Crippen molar-refractivity contribution in [1.82, 2.24) is 10.2 Å². The van der Waals surface area contributed by atoms with Crippen LogP contribution in [-0.2, 0) is 4.74 Å². The zero-order valence-electron chi connectivity index (χ0n) is 12.3. The number of piperidine rings is 1. The van der Waals surface area contributed by atoms with Crippen molar-refractivity contribution < 1.29 is 4.74 Å². The van der Waals surface area contributed by atoms with Crippen molar-refractivity contribution in [2.45, 2.75) is 39.7 Å². The number of hydrogen-bond acceptors (Lipinski definition) is 3. The van der Waals surface area contributed by atoms with Crippen LogP contribution in [0.15, 0.2) is 0 Å². The molecule has 0 aromatic carbocycles. The molecule has 0 aromatic heterocycles. The second-order valence-electron chi connectivity index (χ2n) is 6.17. The summed E-state index contributed by atoms with van der Waals surface area (Å²) in [6.07, 6.45) is 2.58. The maximum atomic E-state index is 5.24. The molecule has 3 heteroatoms. The normalized spacial score (nSPS) is 21.7. The second kappa shape index (κ2) is 6.72. The largest absolute Gasteiger partial charge is 0.384 e. The van der Waals surface area contributed by atoms with E-state index < -0.39 is 0 Å². The third kappa shape index (κ3) is 4.57. The van der Waals surface area contributed by atoms with Crippen LogP contribution in [0.5, 0.6) is 0 Å². The molecular weight excluding hydrogens is 212 g/mol. The minimum atomic E-state index is 0.336. The van der Waals surface area contributed by atoms with Crippen LogP contribution in [0.4, 0.5) is 0 Å². The first kappa shape index (κ1) is 14.9. The molecule has 0 amide bonds. The molecule has 1 atom stereocenters. The lowest BCUT2D eigenvalue weighted by Gasteiger charge is -2.40. The molecule has 1 aliphatic rings. The predicted molar refractivity (Wildman–Crippen MR) is 73.3 cm³/mol. The Labute approximate surface area is 107 Å². The Hall–Kier alpha value is -0.120. The van der Waals surface area contributed by atoms with Gasteiger partial charge in [-0.2, -0.15) is 0 Å². The van der Waals surface area contributed by atoms with Gasteiger partial charge in [0.1, 0.15) is 0 Å². The average Bonchev–Trinajstić information content (AvgIpc) is 2.30. The van der Waals surface area contributed by atoms with E-state index in [1.54, 1.807) is 0 Å². The maximum absolute atomic E-state index is 5.24. The van der Waals surface area contributed by atoms with E-state index in [4.69, 9.17) is 4.74 Å². The molecule has 1 heterocycles. The monoisotopic (exact) mass is 242 g/mol. The highest BCUT2D eigenvalue weighted by Gasteiger charge is 2.29. The summed E-state index contributed by atoms with van der Waals surface area (Å²) in [4.78, 5) is 2.61. The van der Waals surface area contributed by atoms with Crippen molar-refractivity contribution in [1.29, 1.82) is 0 Å². The molecule has 3 nitrogen and oxygen atoms in total. The van der Waals surface area contributed by atoms with Crippen LogP contribution in [0.2, 0.25) is 0 Å². The highest BCUT2D eigenvalue weighted by Crippen LogP contribution is 2.25. The van der Waals surface area contributed by atoms with E-state index in [1.165, 1.54) is 32.5 Å². The molecule has 1 aliphatic heterocycles. The fraction of sp³-hybridized carbons (Fsp3) is 1.00. The summed E-state index contributed by atoms with van der Waals surface area (Å²) in [5.74, 6) is 0.779. The van der Waals surface area contributed by atoms with Gasteiger partial charge < -0.3 is 15.0 Å². The maximum Gasteiger partial charge on any atom is 0.0491 e. The number of hydrogen-bond donors (Lipinski definition) is 1. The zero-order chi connectivity index (χ0) is 12.9. The van der Waals surface area contributed by atoms with Gasteiger partial charge in [-0.25, -0.2) is 0 Å². The molecule has 1 fully saturated rings. The van der Waals surface area contributed by atoms with E-state index in [2.05, 4.69) is 38.0 Å².